The summed E-state index contributed by atoms with van der Waals surface area (Å²) in [6.07, 6.45) is 0. The van der Waals surface area contributed by atoms with Crippen molar-refractivity contribution in [1.29, 1.82) is 0 Å². The van der Waals surface area contributed by atoms with E-state index in [2.05, 4.69) is 10.3 Å². The maximum absolute atomic E-state index is 12.9. The normalized spacial score (nSPS) is 10.9. The molecule has 146 valence electrons. The van der Waals surface area contributed by atoms with Crippen molar-refractivity contribution < 1.29 is 9.59 Å². The molecule has 1 aromatic heterocycles. The number of para-hydroxylation sites is 1. The molecule has 0 radical (unpaired) electrons. The van der Waals surface area contributed by atoms with Crippen LogP contribution in [0.2, 0.25) is 10.0 Å². The topological polar surface area (TPSA) is 65.2 Å². The molecule has 28 heavy (non-hydrogen) atoms. The van der Waals surface area contributed by atoms with Gasteiger partial charge in [-0.3, -0.25) is 9.59 Å². The van der Waals surface area contributed by atoms with Crippen LogP contribution in [0.4, 0.5) is 5.69 Å². The highest BCUT2D eigenvalue weighted by Gasteiger charge is 2.19. The molecule has 0 spiro atoms. The third-order valence-corrected chi connectivity index (χ3v) is 5.42. The minimum Gasteiger partial charge on any atom is -0.358 e. The standard InChI is InChI=1S/C21H21Cl2N3O2/c1-4-26(11-19(27)25-20-16(22)6-5-7-17(20)23)21(28)14-8-9-18-15(10-14)12(2)13(3)24-18/h5-10,24H,4,11H2,1-3H3,(H,25,27). The van der Waals surface area contributed by atoms with Crippen molar-refractivity contribution in [2.45, 2.75) is 20.8 Å². The van der Waals surface area contributed by atoms with Crippen molar-refractivity contribution in [2.24, 2.45) is 0 Å². The second-order valence-corrected chi connectivity index (χ2v) is 7.41. The van der Waals surface area contributed by atoms with Gasteiger partial charge in [0.25, 0.3) is 5.91 Å². The third kappa shape index (κ3) is 4.01. The Morgan fingerprint density at radius 1 is 1.11 bits per heavy atom. The molecular formula is C21H21Cl2N3O2. The van der Waals surface area contributed by atoms with E-state index >= 15 is 0 Å². The maximum Gasteiger partial charge on any atom is 0.254 e. The monoisotopic (exact) mass is 417 g/mol. The molecule has 2 amide bonds. The summed E-state index contributed by atoms with van der Waals surface area (Å²) in [6.45, 7) is 6.14. The van der Waals surface area contributed by atoms with Crippen LogP contribution in [0.1, 0.15) is 28.5 Å². The van der Waals surface area contributed by atoms with Crippen molar-refractivity contribution in [1.82, 2.24) is 9.88 Å². The predicted octanol–water partition coefficient (Wildman–Crippen LogP) is 5.19. The number of hydrogen-bond donors (Lipinski definition) is 2. The molecule has 0 atom stereocenters. The number of aromatic nitrogens is 1. The van der Waals surface area contributed by atoms with Crippen LogP contribution in [-0.2, 0) is 4.79 Å². The molecule has 7 heteroatoms. The van der Waals surface area contributed by atoms with Crippen molar-refractivity contribution in [3.05, 3.63) is 63.3 Å². The van der Waals surface area contributed by atoms with Crippen LogP contribution < -0.4 is 5.32 Å². The van der Waals surface area contributed by atoms with E-state index in [0.29, 0.717) is 27.8 Å². The second kappa shape index (κ2) is 8.25. The Labute approximate surface area is 173 Å². The highest BCUT2D eigenvalue weighted by molar-refractivity contribution is 6.39. The van der Waals surface area contributed by atoms with Crippen LogP contribution in [0, 0.1) is 13.8 Å². The first kappa shape index (κ1) is 20.2. The predicted molar refractivity (Wildman–Crippen MR) is 114 cm³/mol. The number of nitrogens with zero attached hydrogens (tertiary/aromatic N) is 1. The van der Waals surface area contributed by atoms with Gasteiger partial charge in [0.2, 0.25) is 5.91 Å². The van der Waals surface area contributed by atoms with E-state index in [0.717, 1.165) is 22.2 Å². The molecule has 1 heterocycles. The number of carbonyl (C=O) groups excluding carboxylic acids is 2. The van der Waals surface area contributed by atoms with Gasteiger partial charge in [-0.15, -0.1) is 0 Å². The number of aryl methyl sites for hydroxylation is 2. The zero-order valence-electron chi connectivity index (χ0n) is 15.9. The van der Waals surface area contributed by atoms with Crippen molar-refractivity contribution >= 4 is 51.6 Å². The number of rotatable bonds is 5. The van der Waals surface area contributed by atoms with Gasteiger partial charge in [0.1, 0.15) is 6.54 Å². The first-order chi connectivity index (χ1) is 13.3. The van der Waals surface area contributed by atoms with Gasteiger partial charge >= 0.3 is 0 Å². The van der Waals surface area contributed by atoms with Crippen molar-refractivity contribution in [3.63, 3.8) is 0 Å². The van der Waals surface area contributed by atoms with Crippen LogP contribution in [-0.4, -0.2) is 34.8 Å². The molecule has 0 aliphatic heterocycles. The Kier molecular flexibility index (Phi) is 5.96. The Morgan fingerprint density at radius 2 is 1.79 bits per heavy atom. The highest BCUT2D eigenvalue weighted by atomic mass is 35.5. The number of H-pyrrole nitrogens is 1. The van der Waals surface area contributed by atoms with Crippen LogP contribution in [0.5, 0.6) is 0 Å². The fourth-order valence-electron chi connectivity index (χ4n) is 3.07. The molecule has 0 unspecified atom stereocenters. The minimum atomic E-state index is -0.361. The number of fused-ring (bicyclic) bond motifs is 1. The van der Waals surface area contributed by atoms with E-state index in [1.165, 1.54) is 4.90 Å². The first-order valence-electron chi connectivity index (χ1n) is 8.93. The number of carbonyl (C=O) groups is 2. The van der Waals surface area contributed by atoms with Crippen LogP contribution in [0.3, 0.4) is 0 Å². The van der Waals surface area contributed by atoms with Gasteiger partial charge < -0.3 is 15.2 Å². The van der Waals surface area contributed by atoms with Gasteiger partial charge in [0, 0.05) is 28.7 Å². The third-order valence-electron chi connectivity index (χ3n) is 4.79. The maximum atomic E-state index is 12.9. The molecule has 0 aliphatic rings. The van der Waals surface area contributed by atoms with Gasteiger partial charge in [-0.1, -0.05) is 29.3 Å². The van der Waals surface area contributed by atoms with Crippen molar-refractivity contribution in [3.8, 4) is 0 Å². The molecule has 0 aliphatic carbocycles. The van der Waals surface area contributed by atoms with E-state index in [9.17, 15) is 9.59 Å². The van der Waals surface area contributed by atoms with Crippen molar-refractivity contribution in [2.75, 3.05) is 18.4 Å². The lowest BCUT2D eigenvalue weighted by Crippen LogP contribution is -2.37. The average Bonchev–Trinajstić information content (AvgIpc) is 2.96. The minimum absolute atomic E-state index is 0.0972. The number of nitrogens with one attached hydrogen (secondary N) is 2. The zero-order valence-corrected chi connectivity index (χ0v) is 17.4. The quantitative estimate of drug-likeness (QED) is 0.599. The number of aromatic amines is 1. The lowest BCUT2D eigenvalue weighted by atomic mass is 10.1. The molecular weight excluding hydrogens is 397 g/mol. The van der Waals surface area contributed by atoms with Gasteiger partial charge in [-0.2, -0.15) is 0 Å². The number of hydrogen-bond acceptors (Lipinski definition) is 2. The lowest BCUT2D eigenvalue weighted by molar-refractivity contribution is -0.116. The van der Waals surface area contributed by atoms with E-state index in [-0.39, 0.29) is 18.4 Å². The summed E-state index contributed by atoms with van der Waals surface area (Å²) in [7, 11) is 0. The summed E-state index contributed by atoms with van der Waals surface area (Å²) in [5.41, 5.74) is 4.06. The number of likely N-dealkylation sites (N-methyl/N-ethyl adjacent to an activating group) is 1. The molecule has 0 saturated heterocycles. The Bertz CT molecular complexity index is 1040. The fourth-order valence-corrected chi connectivity index (χ4v) is 3.57. The van der Waals surface area contributed by atoms with Gasteiger partial charge in [-0.05, 0) is 56.7 Å². The number of anilines is 1. The Morgan fingerprint density at radius 3 is 2.43 bits per heavy atom. The summed E-state index contributed by atoms with van der Waals surface area (Å²) in [6, 6.07) is 10.5. The van der Waals surface area contributed by atoms with Gasteiger partial charge in [0.05, 0.1) is 15.7 Å². The van der Waals surface area contributed by atoms with E-state index in [1.54, 1.807) is 24.3 Å². The molecule has 2 N–H and O–H groups in total. The van der Waals surface area contributed by atoms with Crippen LogP contribution in [0.25, 0.3) is 10.9 Å². The Balaban J connectivity index is 1.78. The van der Waals surface area contributed by atoms with Crippen LogP contribution in [0.15, 0.2) is 36.4 Å². The summed E-state index contributed by atoms with van der Waals surface area (Å²) < 4.78 is 0. The average molecular weight is 418 g/mol. The molecule has 2 aromatic carbocycles. The number of benzene rings is 2. The SMILES string of the molecule is CCN(CC(=O)Nc1c(Cl)cccc1Cl)C(=O)c1ccc2[nH]c(C)c(C)c2c1. The highest BCUT2D eigenvalue weighted by Crippen LogP contribution is 2.29. The fraction of sp³-hybridized carbons (Fsp3) is 0.238. The van der Waals surface area contributed by atoms with Crippen LogP contribution >= 0.6 is 23.2 Å². The molecule has 5 nitrogen and oxygen atoms in total. The van der Waals surface area contributed by atoms with Gasteiger partial charge in [0.15, 0.2) is 0 Å². The lowest BCUT2D eigenvalue weighted by Gasteiger charge is -2.21. The smallest absolute Gasteiger partial charge is 0.254 e. The van der Waals surface area contributed by atoms with Gasteiger partial charge in [-0.25, -0.2) is 0 Å². The molecule has 0 bridgehead atoms. The Hall–Kier alpha value is -2.50. The zero-order chi connectivity index (χ0) is 20.4. The largest absolute Gasteiger partial charge is 0.358 e. The summed E-state index contributed by atoms with van der Waals surface area (Å²) in [5.74, 6) is -0.567. The summed E-state index contributed by atoms with van der Waals surface area (Å²) in [5, 5.41) is 4.39. The van der Waals surface area contributed by atoms with E-state index < -0.39 is 0 Å². The molecule has 0 fully saturated rings. The molecule has 3 rings (SSSR count). The number of amides is 2. The molecule has 3 aromatic rings. The molecule has 0 saturated carbocycles. The second-order valence-electron chi connectivity index (χ2n) is 6.60. The summed E-state index contributed by atoms with van der Waals surface area (Å²) >= 11 is 12.2. The first-order valence-corrected chi connectivity index (χ1v) is 9.69. The number of halogens is 2. The summed E-state index contributed by atoms with van der Waals surface area (Å²) in [4.78, 5) is 30.2. The van der Waals surface area contributed by atoms with E-state index in [4.69, 9.17) is 23.2 Å². The van der Waals surface area contributed by atoms with E-state index in [1.807, 2.05) is 32.9 Å².